The summed E-state index contributed by atoms with van der Waals surface area (Å²) in [6.45, 7) is 6.24. The molecule has 1 heterocycles. The van der Waals surface area contributed by atoms with Crippen LogP contribution in [0.15, 0.2) is 42.5 Å². The maximum absolute atomic E-state index is 13.2. The lowest BCUT2D eigenvalue weighted by atomic mass is 10.0. The predicted molar refractivity (Wildman–Crippen MR) is 120 cm³/mol. The molecule has 0 unspecified atom stereocenters. The van der Waals surface area contributed by atoms with Crippen molar-refractivity contribution in [2.75, 3.05) is 18.1 Å². The summed E-state index contributed by atoms with van der Waals surface area (Å²) in [5.41, 5.74) is 2.88. The van der Waals surface area contributed by atoms with Gasteiger partial charge in [-0.25, -0.2) is 8.42 Å². The monoisotopic (exact) mass is 449 g/mol. The van der Waals surface area contributed by atoms with E-state index in [0.717, 1.165) is 16.7 Å². The number of hydrogen-bond acceptors (Lipinski definition) is 4. The Morgan fingerprint density at radius 1 is 1.23 bits per heavy atom. The second-order valence-corrected chi connectivity index (χ2v) is 10.8. The van der Waals surface area contributed by atoms with Gasteiger partial charge in [0.05, 0.1) is 11.5 Å². The topological polar surface area (TPSA) is 63.7 Å². The number of sulfone groups is 1. The minimum Gasteiger partial charge on any atom is -0.483 e. The molecular weight excluding hydrogens is 422 g/mol. The van der Waals surface area contributed by atoms with Crippen molar-refractivity contribution in [1.29, 1.82) is 0 Å². The van der Waals surface area contributed by atoms with Crippen LogP contribution < -0.4 is 4.74 Å². The van der Waals surface area contributed by atoms with Gasteiger partial charge in [0.2, 0.25) is 0 Å². The van der Waals surface area contributed by atoms with Gasteiger partial charge in [-0.15, -0.1) is 0 Å². The number of amides is 1. The molecule has 1 amide bonds. The van der Waals surface area contributed by atoms with Gasteiger partial charge in [0.1, 0.15) is 5.75 Å². The number of rotatable bonds is 7. The smallest absolute Gasteiger partial charge is 0.261 e. The van der Waals surface area contributed by atoms with Gasteiger partial charge in [0.25, 0.3) is 5.91 Å². The number of benzene rings is 2. The summed E-state index contributed by atoms with van der Waals surface area (Å²) in [6, 6.07) is 12.9. The van der Waals surface area contributed by atoms with Crippen molar-refractivity contribution in [2.45, 2.75) is 45.7 Å². The molecule has 0 spiro atoms. The van der Waals surface area contributed by atoms with Crippen molar-refractivity contribution in [3.8, 4) is 5.75 Å². The van der Waals surface area contributed by atoms with Gasteiger partial charge in [-0.05, 0) is 48.1 Å². The molecule has 30 heavy (non-hydrogen) atoms. The summed E-state index contributed by atoms with van der Waals surface area (Å²) in [4.78, 5) is 14.8. The molecule has 0 aliphatic carbocycles. The first-order valence-electron chi connectivity index (χ1n) is 10.1. The highest BCUT2D eigenvalue weighted by Crippen LogP contribution is 2.28. The highest BCUT2D eigenvalue weighted by molar-refractivity contribution is 7.91. The van der Waals surface area contributed by atoms with E-state index in [-0.39, 0.29) is 42.5 Å². The van der Waals surface area contributed by atoms with Gasteiger partial charge in [0, 0.05) is 17.6 Å². The molecule has 7 heteroatoms. The lowest BCUT2D eigenvalue weighted by molar-refractivity contribution is -0.136. The molecule has 0 bridgehead atoms. The molecule has 5 nitrogen and oxygen atoms in total. The van der Waals surface area contributed by atoms with E-state index in [9.17, 15) is 13.2 Å². The molecule has 0 aromatic heterocycles. The Bertz CT molecular complexity index is 1020. The summed E-state index contributed by atoms with van der Waals surface area (Å²) in [5.74, 6) is 0.781. The third kappa shape index (κ3) is 5.55. The summed E-state index contributed by atoms with van der Waals surface area (Å²) in [6.07, 6.45) is 0.431. The zero-order chi connectivity index (χ0) is 21.9. The fraction of sp³-hybridized carbons (Fsp3) is 0.435. The summed E-state index contributed by atoms with van der Waals surface area (Å²) in [5, 5.41) is 0.554. The van der Waals surface area contributed by atoms with Crippen molar-refractivity contribution in [1.82, 2.24) is 4.90 Å². The van der Waals surface area contributed by atoms with Crippen molar-refractivity contribution >= 4 is 27.3 Å². The molecule has 1 saturated heterocycles. The highest BCUT2D eigenvalue weighted by Gasteiger charge is 2.35. The fourth-order valence-electron chi connectivity index (χ4n) is 3.72. The number of halogens is 1. The molecule has 0 radical (unpaired) electrons. The molecular formula is C23H28ClNO4S. The van der Waals surface area contributed by atoms with Crippen LogP contribution in [0.25, 0.3) is 0 Å². The van der Waals surface area contributed by atoms with Gasteiger partial charge in [-0.2, -0.15) is 0 Å². The molecule has 1 aliphatic rings. The standard InChI is InChI=1S/C23H28ClNO4S/c1-16(2)20-9-8-17(3)12-22(20)29-14-23(26)25(19-10-11-30(27,28)15-19)13-18-6-4-5-7-21(18)24/h4-9,12,16,19H,10-11,13-15H2,1-3H3/t19-/m0/s1. The quantitative estimate of drug-likeness (QED) is 0.629. The van der Waals surface area contributed by atoms with Crippen LogP contribution in [0, 0.1) is 6.92 Å². The zero-order valence-corrected chi connectivity index (χ0v) is 19.2. The van der Waals surface area contributed by atoms with E-state index < -0.39 is 9.84 Å². The van der Waals surface area contributed by atoms with Crippen molar-refractivity contribution in [3.05, 3.63) is 64.2 Å². The number of hydrogen-bond donors (Lipinski definition) is 0. The highest BCUT2D eigenvalue weighted by atomic mass is 35.5. The average Bonchev–Trinajstić information content (AvgIpc) is 3.04. The van der Waals surface area contributed by atoms with Crippen LogP contribution in [-0.4, -0.2) is 43.4 Å². The molecule has 1 atom stereocenters. The van der Waals surface area contributed by atoms with Gasteiger partial charge < -0.3 is 9.64 Å². The molecule has 0 N–H and O–H groups in total. The minimum absolute atomic E-state index is 0.0229. The lowest BCUT2D eigenvalue weighted by Gasteiger charge is -2.29. The molecule has 1 aliphatic heterocycles. The van der Waals surface area contributed by atoms with E-state index in [0.29, 0.717) is 17.2 Å². The summed E-state index contributed by atoms with van der Waals surface area (Å²) >= 11 is 6.29. The maximum Gasteiger partial charge on any atom is 0.261 e. The van der Waals surface area contributed by atoms with Gasteiger partial charge in [-0.3, -0.25) is 4.79 Å². The van der Waals surface area contributed by atoms with E-state index in [1.54, 1.807) is 11.0 Å². The summed E-state index contributed by atoms with van der Waals surface area (Å²) in [7, 11) is -3.13. The van der Waals surface area contributed by atoms with E-state index in [2.05, 4.69) is 13.8 Å². The van der Waals surface area contributed by atoms with Crippen LogP contribution in [0.5, 0.6) is 5.75 Å². The van der Waals surface area contributed by atoms with Crippen molar-refractivity contribution < 1.29 is 17.9 Å². The molecule has 162 valence electrons. The molecule has 3 rings (SSSR count). The van der Waals surface area contributed by atoms with E-state index in [1.165, 1.54) is 0 Å². The second kappa shape index (κ2) is 9.40. The fourth-order valence-corrected chi connectivity index (χ4v) is 5.64. The van der Waals surface area contributed by atoms with E-state index in [4.69, 9.17) is 16.3 Å². The van der Waals surface area contributed by atoms with Crippen molar-refractivity contribution in [3.63, 3.8) is 0 Å². The number of ether oxygens (including phenoxy) is 1. The Balaban J connectivity index is 1.80. The third-order valence-electron chi connectivity index (χ3n) is 5.41. The Labute approximate surface area is 183 Å². The second-order valence-electron chi connectivity index (χ2n) is 8.15. The largest absolute Gasteiger partial charge is 0.483 e. The molecule has 1 fully saturated rings. The first-order chi connectivity index (χ1) is 14.2. The number of nitrogens with zero attached hydrogens (tertiary/aromatic N) is 1. The molecule has 2 aromatic rings. The van der Waals surface area contributed by atoms with Gasteiger partial charge in [0.15, 0.2) is 16.4 Å². The zero-order valence-electron chi connectivity index (χ0n) is 17.6. The van der Waals surface area contributed by atoms with Crippen LogP contribution >= 0.6 is 11.6 Å². The predicted octanol–water partition coefficient (Wildman–Crippen LogP) is 4.37. The third-order valence-corrected chi connectivity index (χ3v) is 7.53. The Morgan fingerprint density at radius 3 is 2.60 bits per heavy atom. The Morgan fingerprint density at radius 2 is 1.97 bits per heavy atom. The van der Waals surface area contributed by atoms with E-state index >= 15 is 0 Å². The van der Waals surface area contributed by atoms with Crippen LogP contribution in [0.1, 0.15) is 42.9 Å². The lowest BCUT2D eigenvalue weighted by Crippen LogP contribution is -2.43. The van der Waals surface area contributed by atoms with Crippen LogP contribution in [0.2, 0.25) is 5.02 Å². The van der Waals surface area contributed by atoms with Crippen LogP contribution in [0.4, 0.5) is 0 Å². The Kier molecular flexibility index (Phi) is 7.09. The van der Waals surface area contributed by atoms with Gasteiger partial charge >= 0.3 is 0 Å². The van der Waals surface area contributed by atoms with Crippen LogP contribution in [0.3, 0.4) is 0 Å². The number of carbonyl (C=O) groups excluding carboxylic acids is 1. The average molecular weight is 450 g/mol. The molecule has 0 saturated carbocycles. The first kappa shape index (κ1) is 22.6. The minimum atomic E-state index is -3.13. The van der Waals surface area contributed by atoms with Gasteiger partial charge in [-0.1, -0.05) is 55.8 Å². The Hall–Kier alpha value is -2.05. The van der Waals surface area contributed by atoms with E-state index in [1.807, 2.05) is 43.3 Å². The van der Waals surface area contributed by atoms with Crippen molar-refractivity contribution in [2.24, 2.45) is 0 Å². The summed E-state index contributed by atoms with van der Waals surface area (Å²) < 4.78 is 30.0. The first-order valence-corrected chi connectivity index (χ1v) is 12.3. The number of aryl methyl sites for hydroxylation is 1. The van der Waals surface area contributed by atoms with Crippen LogP contribution in [-0.2, 0) is 21.2 Å². The normalized spacial score (nSPS) is 17.8. The molecule has 2 aromatic carbocycles. The number of carbonyl (C=O) groups is 1. The maximum atomic E-state index is 13.2. The SMILES string of the molecule is Cc1ccc(C(C)C)c(OCC(=O)N(Cc2ccccc2Cl)[C@H]2CCS(=O)(=O)C2)c1.